The predicted molar refractivity (Wildman–Crippen MR) is 102 cm³/mol. The number of nitrogens with one attached hydrogen (secondary N) is 3. The van der Waals surface area contributed by atoms with Crippen LogP contribution < -0.4 is 16.0 Å². The molecule has 25 heavy (non-hydrogen) atoms. The van der Waals surface area contributed by atoms with Gasteiger partial charge in [-0.15, -0.1) is 0 Å². The Morgan fingerprint density at radius 3 is 2.68 bits per heavy atom. The molecule has 1 aliphatic rings. The Labute approximate surface area is 149 Å². The van der Waals surface area contributed by atoms with Gasteiger partial charge in [-0.25, -0.2) is 4.79 Å². The molecule has 6 heteroatoms. The molecule has 0 saturated carbocycles. The summed E-state index contributed by atoms with van der Waals surface area (Å²) in [4.78, 5) is 16.5. The fourth-order valence-electron chi connectivity index (χ4n) is 2.49. The van der Waals surface area contributed by atoms with Crippen molar-refractivity contribution < 1.29 is 9.53 Å². The second-order valence-electron chi connectivity index (χ2n) is 7.10. The molecule has 0 saturated heterocycles. The highest BCUT2D eigenvalue weighted by Gasteiger charge is 2.21. The lowest BCUT2D eigenvalue weighted by atomic mass is 10.1. The lowest BCUT2D eigenvalue weighted by molar-refractivity contribution is 0.0525. The molecular formula is C19H28N4O2. The van der Waals surface area contributed by atoms with Crippen LogP contribution in [-0.2, 0) is 4.74 Å². The maximum absolute atomic E-state index is 12.1. The highest BCUT2D eigenvalue weighted by Crippen LogP contribution is 2.22. The van der Waals surface area contributed by atoms with Crippen LogP contribution in [-0.4, -0.2) is 30.6 Å². The fourth-order valence-corrected chi connectivity index (χ4v) is 2.49. The van der Waals surface area contributed by atoms with Crippen LogP contribution in [0.2, 0.25) is 0 Å². The van der Waals surface area contributed by atoms with Crippen LogP contribution in [0.5, 0.6) is 0 Å². The average molecular weight is 344 g/mol. The molecule has 1 heterocycles. The summed E-state index contributed by atoms with van der Waals surface area (Å²) in [5, 5.41) is 10.1. The molecule has 0 spiro atoms. The van der Waals surface area contributed by atoms with E-state index in [1.165, 1.54) is 0 Å². The van der Waals surface area contributed by atoms with E-state index >= 15 is 0 Å². The fraction of sp³-hybridized carbons (Fsp3) is 0.474. The number of ether oxygens (including phenoxy) is 1. The van der Waals surface area contributed by atoms with Crippen LogP contribution >= 0.6 is 0 Å². The smallest absolute Gasteiger partial charge is 0.338 e. The summed E-state index contributed by atoms with van der Waals surface area (Å²) in [7, 11) is 0. The number of hydrogen-bond donors (Lipinski definition) is 3. The Morgan fingerprint density at radius 2 is 2.04 bits per heavy atom. The zero-order chi connectivity index (χ0) is 18.6. The number of aliphatic imine (C=N–C) groups is 1. The van der Waals surface area contributed by atoms with Gasteiger partial charge in [-0.1, -0.05) is 6.07 Å². The third kappa shape index (κ3) is 5.06. The summed E-state index contributed by atoms with van der Waals surface area (Å²) in [6, 6.07) is 5.57. The van der Waals surface area contributed by atoms with Crippen LogP contribution in [0.1, 0.15) is 50.5 Å². The van der Waals surface area contributed by atoms with Gasteiger partial charge < -0.3 is 15.4 Å². The summed E-state index contributed by atoms with van der Waals surface area (Å²) in [5.41, 5.74) is 3.21. The third-order valence-corrected chi connectivity index (χ3v) is 3.75. The van der Waals surface area contributed by atoms with Crippen molar-refractivity contribution in [2.75, 3.05) is 11.9 Å². The Bertz CT molecular complexity index is 702. The van der Waals surface area contributed by atoms with E-state index in [0.29, 0.717) is 12.2 Å². The molecule has 1 unspecified atom stereocenters. The van der Waals surface area contributed by atoms with Crippen molar-refractivity contribution in [3.63, 3.8) is 0 Å². The number of carbonyl (C=O) groups is 1. The van der Waals surface area contributed by atoms with Gasteiger partial charge in [0.1, 0.15) is 5.82 Å². The Balaban J connectivity index is 2.20. The van der Waals surface area contributed by atoms with Crippen molar-refractivity contribution in [2.24, 2.45) is 4.99 Å². The first-order valence-corrected chi connectivity index (χ1v) is 8.53. The van der Waals surface area contributed by atoms with E-state index < -0.39 is 0 Å². The average Bonchev–Trinajstić information content (AvgIpc) is 2.51. The van der Waals surface area contributed by atoms with Gasteiger partial charge in [-0.05, 0) is 59.2 Å². The largest absolute Gasteiger partial charge is 0.462 e. The highest BCUT2D eigenvalue weighted by atomic mass is 16.5. The first-order chi connectivity index (χ1) is 11.7. The van der Waals surface area contributed by atoms with Gasteiger partial charge in [0.2, 0.25) is 0 Å². The summed E-state index contributed by atoms with van der Waals surface area (Å²) in [6.45, 7) is 12.3. The predicted octanol–water partition coefficient (Wildman–Crippen LogP) is 3.16. The number of esters is 1. The molecule has 0 bridgehead atoms. The normalized spacial score (nSPS) is 17.3. The summed E-state index contributed by atoms with van der Waals surface area (Å²) < 4.78 is 5.12. The van der Waals surface area contributed by atoms with Gasteiger partial charge in [0.25, 0.3) is 0 Å². The summed E-state index contributed by atoms with van der Waals surface area (Å²) in [6.07, 6.45) is 1.63. The van der Waals surface area contributed by atoms with E-state index in [0.717, 1.165) is 22.6 Å². The monoisotopic (exact) mass is 344 g/mol. The molecule has 0 fully saturated rings. The zero-order valence-electron chi connectivity index (χ0n) is 15.9. The lowest BCUT2D eigenvalue weighted by Gasteiger charge is -2.31. The maximum atomic E-state index is 12.1. The third-order valence-electron chi connectivity index (χ3n) is 3.75. The van der Waals surface area contributed by atoms with E-state index in [9.17, 15) is 4.79 Å². The number of carbonyl (C=O) groups excluding carboxylic acids is 1. The molecular weight excluding hydrogens is 316 g/mol. The molecule has 1 aromatic rings. The van der Waals surface area contributed by atoms with Gasteiger partial charge in [0, 0.05) is 23.0 Å². The minimum Gasteiger partial charge on any atom is -0.462 e. The van der Waals surface area contributed by atoms with Gasteiger partial charge >= 0.3 is 5.97 Å². The zero-order valence-corrected chi connectivity index (χ0v) is 15.9. The van der Waals surface area contributed by atoms with Crippen LogP contribution in [0.25, 0.3) is 0 Å². The topological polar surface area (TPSA) is 74.8 Å². The molecule has 136 valence electrons. The maximum Gasteiger partial charge on any atom is 0.338 e. The number of nitrogens with zero attached hydrogens (tertiary/aromatic N) is 1. The van der Waals surface area contributed by atoms with Gasteiger partial charge in [-0.3, -0.25) is 10.3 Å². The number of rotatable bonds is 5. The molecule has 1 aliphatic heterocycles. The summed E-state index contributed by atoms with van der Waals surface area (Å²) >= 11 is 0. The Hall–Kier alpha value is -2.34. The van der Waals surface area contributed by atoms with Crippen LogP contribution in [0.15, 0.2) is 34.6 Å². The van der Waals surface area contributed by atoms with Crippen LogP contribution in [0.3, 0.4) is 0 Å². The minimum atomic E-state index is -0.306. The standard InChI is InChI=1S/C19H28N4O2/c1-7-25-17(24)14-9-8-10-15(13(14)3)21-16-12(2)11-20-18(22-16)23-19(4,5)6/h8-11,18,21-23H,7H2,1-6H3. The van der Waals surface area contributed by atoms with Gasteiger partial charge in [0.05, 0.1) is 12.2 Å². The highest BCUT2D eigenvalue weighted by molar-refractivity contribution is 5.93. The Morgan fingerprint density at radius 1 is 1.32 bits per heavy atom. The molecule has 0 amide bonds. The first kappa shape index (κ1) is 19.0. The van der Waals surface area contributed by atoms with Crippen molar-refractivity contribution in [1.82, 2.24) is 10.6 Å². The van der Waals surface area contributed by atoms with Crippen molar-refractivity contribution >= 4 is 17.9 Å². The van der Waals surface area contributed by atoms with Crippen molar-refractivity contribution in [2.45, 2.75) is 53.4 Å². The number of benzene rings is 1. The molecule has 1 atom stereocenters. The van der Waals surface area contributed by atoms with E-state index in [2.05, 4.69) is 41.7 Å². The quantitative estimate of drug-likeness (QED) is 0.716. The van der Waals surface area contributed by atoms with E-state index in [4.69, 9.17) is 4.74 Å². The van der Waals surface area contributed by atoms with Crippen LogP contribution in [0.4, 0.5) is 5.69 Å². The Kier molecular flexibility index (Phi) is 5.85. The summed E-state index contributed by atoms with van der Waals surface area (Å²) in [5.74, 6) is 0.556. The molecule has 6 nitrogen and oxygen atoms in total. The number of anilines is 1. The second-order valence-corrected chi connectivity index (χ2v) is 7.10. The SMILES string of the molecule is CCOC(=O)c1cccc(NC2=C(C)C=NC(NC(C)(C)C)N2)c1C. The molecule has 0 aromatic heterocycles. The number of allylic oxidation sites excluding steroid dienone is 1. The molecule has 0 radical (unpaired) electrons. The molecule has 1 aromatic carbocycles. The lowest BCUT2D eigenvalue weighted by Crippen LogP contribution is -2.51. The van der Waals surface area contributed by atoms with Crippen molar-refractivity contribution in [3.05, 3.63) is 40.7 Å². The van der Waals surface area contributed by atoms with E-state index in [1.807, 2.05) is 32.2 Å². The van der Waals surface area contributed by atoms with Gasteiger partial charge in [-0.2, -0.15) is 0 Å². The molecule has 0 aliphatic carbocycles. The number of hydrogen-bond acceptors (Lipinski definition) is 6. The minimum absolute atomic E-state index is 0.0644. The van der Waals surface area contributed by atoms with Crippen molar-refractivity contribution in [1.29, 1.82) is 0 Å². The van der Waals surface area contributed by atoms with E-state index in [-0.39, 0.29) is 17.8 Å². The molecule has 2 rings (SSSR count). The van der Waals surface area contributed by atoms with Gasteiger partial charge in [0.15, 0.2) is 6.29 Å². The van der Waals surface area contributed by atoms with Crippen LogP contribution in [0, 0.1) is 6.92 Å². The second kappa shape index (κ2) is 7.70. The van der Waals surface area contributed by atoms with Crippen molar-refractivity contribution in [3.8, 4) is 0 Å². The van der Waals surface area contributed by atoms with E-state index in [1.54, 1.807) is 13.0 Å². The first-order valence-electron chi connectivity index (χ1n) is 8.53. The molecule has 3 N–H and O–H groups in total.